The number of nitrogens with one attached hydrogen (secondary N) is 1. The van der Waals surface area contributed by atoms with Crippen LogP contribution in [0.1, 0.15) is 20.8 Å². The lowest BCUT2D eigenvalue weighted by atomic mass is 10.3. The lowest BCUT2D eigenvalue weighted by molar-refractivity contribution is -0.114. The van der Waals surface area contributed by atoms with E-state index in [0.29, 0.717) is 11.7 Å². The van der Waals surface area contributed by atoms with E-state index in [1.807, 2.05) is 32.8 Å². The van der Waals surface area contributed by atoms with E-state index in [9.17, 15) is 4.79 Å². The third-order valence-electron chi connectivity index (χ3n) is 1.21. The summed E-state index contributed by atoms with van der Waals surface area (Å²) in [7, 11) is 3.79. The maximum atomic E-state index is 11.1. The number of hydrogen-bond acceptors (Lipinski definition) is 3. The highest BCUT2D eigenvalue weighted by Gasteiger charge is 2.04. The van der Waals surface area contributed by atoms with Crippen molar-refractivity contribution in [3.63, 3.8) is 0 Å². The van der Waals surface area contributed by atoms with Crippen molar-refractivity contribution in [1.29, 1.82) is 0 Å². The number of Topliss-reactive ketones (excluding diaryl/α,β-unsaturated/α-hetero) is 1. The number of hydrogen-bond donors (Lipinski definition) is 1. The van der Waals surface area contributed by atoms with Crippen LogP contribution < -0.4 is 5.32 Å². The van der Waals surface area contributed by atoms with Gasteiger partial charge in [0.1, 0.15) is 0 Å². The molecule has 70 valence electrons. The Labute approximate surface area is 74.4 Å². The molecule has 0 aliphatic rings. The van der Waals surface area contributed by atoms with Crippen LogP contribution in [-0.2, 0) is 4.79 Å². The van der Waals surface area contributed by atoms with Crippen molar-refractivity contribution in [2.45, 2.75) is 26.8 Å². The smallest absolute Gasteiger partial charge is 0.177 e. The van der Waals surface area contributed by atoms with Crippen molar-refractivity contribution in [3.05, 3.63) is 11.9 Å². The molecule has 0 aromatic heterocycles. The summed E-state index contributed by atoms with van der Waals surface area (Å²) in [6, 6.07) is 0.292. The topological polar surface area (TPSA) is 32.3 Å². The minimum Gasteiger partial charge on any atom is -0.382 e. The molecular formula is C9H18N2O. The first-order chi connectivity index (χ1) is 5.43. The molecule has 1 N–H and O–H groups in total. The summed E-state index contributed by atoms with van der Waals surface area (Å²) in [5, 5.41) is 3.08. The molecule has 0 saturated heterocycles. The molecule has 0 fully saturated rings. The van der Waals surface area contributed by atoms with Crippen LogP contribution in [0.2, 0.25) is 0 Å². The predicted molar refractivity (Wildman–Crippen MR) is 50.7 cm³/mol. The van der Waals surface area contributed by atoms with Crippen LogP contribution >= 0.6 is 0 Å². The van der Waals surface area contributed by atoms with Gasteiger partial charge in [0.05, 0.1) is 5.70 Å². The Morgan fingerprint density at radius 3 is 2.17 bits per heavy atom. The van der Waals surface area contributed by atoms with E-state index in [2.05, 4.69) is 5.32 Å². The molecule has 0 bridgehead atoms. The third kappa shape index (κ3) is 4.77. The van der Waals surface area contributed by atoms with Gasteiger partial charge in [0.25, 0.3) is 0 Å². The van der Waals surface area contributed by atoms with Crippen LogP contribution in [0.25, 0.3) is 0 Å². The summed E-state index contributed by atoms with van der Waals surface area (Å²) in [4.78, 5) is 12.9. The lowest BCUT2D eigenvalue weighted by Crippen LogP contribution is -2.27. The molecule has 0 spiro atoms. The van der Waals surface area contributed by atoms with E-state index < -0.39 is 0 Å². The first kappa shape index (κ1) is 11.0. The number of rotatable bonds is 4. The number of carbonyl (C=O) groups excluding carboxylic acids is 1. The van der Waals surface area contributed by atoms with Crippen LogP contribution in [0.3, 0.4) is 0 Å². The Bertz CT molecular complexity index is 183. The molecule has 0 aromatic rings. The summed E-state index contributed by atoms with van der Waals surface area (Å²) in [6.45, 7) is 5.57. The van der Waals surface area contributed by atoms with E-state index in [0.717, 1.165) is 0 Å². The first-order valence-corrected chi connectivity index (χ1v) is 4.09. The highest BCUT2D eigenvalue weighted by atomic mass is 16.1. The molecule has 0 atom stereocenters. The number of allylic oxidation sites excluding steroid dienone is 1. The lowest BCUT2D eigenvalue weighted by Gasteiger charge is -2.14. The Kier molecular flexibility index (Phi) is 4.40. The average Bonchev–Trinajstić information content (AvgIpc) is 1.83. The van der Waals surface area contributed by atoms with Gasteiger partial charge in [-0.1, -0.05) is 0 Å². The maximum Gasteiger partial charge on any atom is 0.177 e. The SMILES string of the molecule is CC(=O)C(=CN(C)C)NC(C)C. The highest BCUT2D eigenvalue weighted by molar-refractivity contribution is 5.92. The number of nitrogens with zero attached hydrogens (tertiary/aromatic N) is 1. The van der Waals surface area contributed by atoms with Gasteiger partial charge in [0.2, 0.25) is 0 Å². The van der Waals surface area contributed by atoms with Gasteiger partial charge in [0, 0.05) is 33.3 Å². The van der Waals surface area contributed by atoms with Gasteiger partial charge in [-0.15, -0.1) is 0 Å². The molecule has 0 radical (unpaired) electrons. The number of ketones is 1. The molecule has 0 aliphatic heterocycles. The van der Waals surface area contributed by atoms with Crippen molar-refractivity contribution in [2.75, 3.05) is 14.1 Å². The van der Waals surface area contributed by atoms with E-state index in [1.165, 1.54) is 0 Å². The van der Waals surface area contributed by atoms with Gasteiger partial charge in [-0.2, -0.15) is 0 Å². The van der Waals surface area contributed by atoms with Crippen LogP contribution in [0.5, 0.6) is 0 Å². The summed E-state index contributed by atoms with van der Waals surface area (Å²) >= 11 is 0. The van der Waals surface area contributed by atoms with Crippen LogP contribution in [0.4, 0.5) is 0 Å². The molecule has 0 aliphatic carbocycles. The van der Waals surface area contributed by atoms with Gasteiger partial charge in [-0.25, -0.2) is 0 Å². The highest BCUT2D eigenvalue weighted by Crippen LogP contribution is 1.95. The molecule has 0 aromatic carbocycles. The minimum absolute atomic E-state index is 0.0670. The average molecular weight is 170 g/mol. The molecule has 0 saturated carbocycles. The van der Waals surface area contributed by atoms with Gasteiger partial charge in [-0.3, -0.25) is 4.79 Å². The monoisotopic (exact) mass is 170 g/mol. The Morgan fingerprint density at radius 2 is 1.92 bits per heavy atom. The van der Waals surface area contributed by atoms with Crippen molar-refractivity contribution in [3.8, 4) is 0 Å². The Morgan fingerprint density at radius 1 is 1.42 bits per heavy atom. The van der Waals surface area contributed by atoms with Gasteiger partial charge in [-0.05, 0) is 13.8 Å². The van der Waals surface area contributed by atoms with E-state index in [4.69, 9.17) is 0 Å². The molecule has 3 nitrogen and oxygen atoms in total. The summed E-state index contributed by atoms with van der Waals surface area (Å²) in [6.07, 6.45) is 1.79. The van der Waals surface area contributed by atoms with Crippen LogP contribution in [-0.4, -0.2) is 30.8 Å². The Hall–Kier alpha value is -0.990. The summed E-state index contributed by atoms with van der Waals surface area (Å²) in [5.41, 5.74) is 0.662. The summed E-state index contributed by atoms with van der Waals surface area (Å²) in [5.74, 6) is 0.0670. The second kappa shape index (κ2) is 4.80. The first-order valence-electron chi connectivity index (χ1n) is 4.09. The van der Waals surface area contributed by atoms with Crippen molar-refractivity contribution >= 4 is 5.78 Å². The Balaban J connectivity index is 4.34. The summed E-state index contributed by atoms with van der Waals surface area (Å²) < 4.78 is 0. The van der Waals surface area contributed by atoms with Crippen molar-refractivity contribution in [2.24, 2.45) is 0 Å². The van der Waals surface area contributed by atoms with Crippen molar-refractivity contribution < 1.29 is 4.79 Å². The molecule has 0 heterocycles. The standard InChI is InChI=1S/C9H18N2O/c1-7(2)10-9(8(3)12)6-11(4)5/h6-7,10H,1-5H3. The van der Waals surface area contributed by atoms with Gasteiger partial charge < -0.3 is 10.2 Å². The molecule has 12 heavy (non-hydrogen) atoms. The molecular weight excluding hydrogens is 152 g/mol. The van der Waals surface area contributed by atoms with Gasteiger partial charge >= 0.3 is 0 Å². The van der Waals surface area contributed by atoms with E-state index in [-0.39, 0.29) is 5.78 Å². The van der Waals surface area contributed by atoms with E-state index in [1.54, 1.807) is 13.1 Å². The van der Waals surface area contributed by atoms with Crippen LogP contribution in [0.15, 0.2) is 11.9 Å². The predicted octanol–water partition coefficient (Wildman–Crippen LogP) is 0.976. The molecule has 3 heteroatoms. The zero-order valence-electron chi connectivity index (χ0n) is 8.51. The zero-order valence-corrected chi connectivity index (χ0v) is 8.51. The maximum absolute atomic E-state index is 11.1. The second-order valence-electron chi connectivity index (χ2n) is 3.36. The van der Waals surface area contributed by atoms with Crippen molar-refractivity contribution in [1.82, 2.24) is 10.2 Å². The largest absolute Gasteiger partial charge is 0.382 e. The third-order valence-corrected chi connectivity index (χ3v) is 1.21. The molecule has 0 amide bonds. The van der Waals surface area contributed by atoms with Crippen LogP contribution in [0, 0.1) is 0 Å². The minimum atomic E-state index is 0.0670. The fraction of sp³-hybridized carbons (Fsp3) is 0.667. The van der Waals surface area contributed by atoms with E-state index >= 15 is 0 Å². The normalized spacial score (nSPS) is 11.7. The van der Waals surface area contributed by atoms with Gasteiger partial charge in [0.15, 0.2) is 5.78 Å². The fourth-order valence-corrected chi connectivity index (χ4v) is 0.799. The fourth-order valence-electron chi connectivity index (χ4n) is 0.799. The quantitative estimate of drug-likeness (QED) is 0.638. The number of carbonyl (C=O) groups is 1. The zero-order chi connectivity index (χ0) is 9.72. The second-order valence-corrected chi connectivity index (χ2v) is 3.36. The molecule has 0 unspecified atom stereocenters. The molecule has 0 rings (SSSR count).